The highest BCUT2D eigenvalue weighted by Gasteiger charge is 2.29. The van der Waals surface area contributed by atoms with Crippen molar-refractivity contribution in [2.45, 2.75) is 13.3 Å². The molecule has 0 saturated carbocycles. The SMILES string of the molecule is Cc1cc(OCCCOc2ccc(Cl)cc2/C=C2/SC(=S)N(C)C2=O)ccc1Cl. The fraction of sp³-hybridized carbons (Fsp3) is 0.238. The van der Waals surface area contributed by atoms with E-state index in [2.05, 4.69) is 0 Å². The zero-order chi connectivity index (χ0) is 21.0. The zero-order valence-electron chi connectivity index (χ0n) is 15.9. The van der Waals surface area contributed by atoms with E-state index in [0.29, 0.717) is 39.6 Å². The van der Waals surface area contributed by atoms with Gasteiger partial charge in [0.25, 0.3) is 5.91 Å². The third kappa shape index (κ3) is 5.66. The van der Waals surface area contributed by atoms with Gasteiger partial charge in [-0.05, 0) is 55.0 Å². The van der Waals surface area contributed by atoms with Crippen molar-refractivity contribution in [2.75, 3.05) is 20.3 Å². The lowest BCUT2D eigenvalue weighted by Gasteiger charge is -2.11. The molecule has 0 atom stereocenters. The minimum atomic E-state index is -0.127. The molecule has 4 nitrogen and oxygen atoms in total. The van der Waals surface area contributed by atoms with Crippen LogP contribution in [0.25, 0.3) is 6.08 Å². The Hall–Kier alpha value is -1.73. The average molecular weight is 468 g/mol. The van der Waals surface area contributed by atoms with Gasteiger partial charge in [0, 0.05) is 29.1 Å². The highest BCUT2D eigenvalue weighted by atomic mass is 35.5. The van der Waals surface area contributed by atoms with E-state index in [4.69, 9.17) is 44.9 Å². The van der Waals surface area contributed by atoms with Crippen molar-refractivity contribution in [3.8, 4) is 11.5 Å². The summed E-state index contributed by atoms with van der Waals surface area (Å²) >= 11 is 18.6. The van der Waals surface area contributed by atoms with Crippen molar-refractivity contribution in [1.82, 2.24) is 4.90 Å². The molecular weight excluding hydrogens is 449 g/mol. The summed E-state index contributed by atoms with van der Waals surface area (Å²) in [4.78, 5) is 14.2. The summed E-state index contributed by atoms with van der Waals surface area (Å²) in [5, 5.41) is 1.29. The number of thioether (sulfide) groups is 1. The van der Waals surface area contributed by atoms with E-state index in [1.54, 1.807) is 31.3 Å². The van der Waals surface area contributed by atoms with Crippen LogP contribution in [0.2, 0.25) is 10.0 Å². The lowest BCUT2D eigenvalue weighted by atomic mass is 10.2. The molecule has 2 aromatic rings. The van der Waals surface area contributed by atoms with Crippen LogP contribution in [0.5, 0.6) is 11.5 Å². The van der Waals surface area contributed by atoms with E-state index in [0.717, 1.165) is 21.9 Å². The number of hydrogen-bond acceptors (Lipinski definition) is 5. The minimum Gasteiger partial charge on any atom is -0.493 e. The molecule has 0 aromatic heterocycles. The Balaban J connectivity index is 1.59. The summed E-state index contributed by atoms with van der Waals surface area (Å²) < 4.78 is 12.2. The summed E-state index contributed by atoms with van der Waals surface area (Å²) in [7, 11) is 1.66. The monoisotopic (exact) mass is 467 g/mol. The molecule has 1 saturated heterocycles. The number of aryl methyl sites for hydroxylation is 1. The Labute approximate surface area is 189 Å². The normalized spacial score (nSPS) is 15.3. The molecule has 1 heterocycles. The van der Waals surface area contributed by atoms with Crippen LogP contribution in [-0.2, 0) is 4.79 Å². The van der Waals surface area contributed by atoms with Crippen LogP contribution < -0.4 is 9.47 Å². The summed E-state index contributed by atoms with van der Waals surface area (Å²) in [6.07, 6.45) is 2.46. The van der Waals surface area contributed by atoms with Gasteiger partial charge in [0.1, 0.15) is 15.8 Å². The molecule has 29 heavy (non-hydrogen) atoms. The molecule has 152 valence electrons. The number of likely N-dealkylation sites (N-methyl/N-ethyl adjacent to an activating group) is 1. The average Bonchev–Trinajstić information content (AvgIpc) is 2.92. The molecule has 0 aliphatic carbocycles. The summed E-state index contributed by atoms with van der Waals surface area (Å²) in [5.74, 6) is 1.30. The van der Waals surface area contributed by atoms with E-state index >= 15 is 0 Å². The summed E-state index contributed by atoms with van der Waals surface area (Å²) in [6, 6.07) is 10.9. The predicted octanol–water partition coefficient (Wildman–Crippen LogP) is 5.98. The van der Waals surface area contributed by atoms with Gasteiger partial charge < -0.3 is 9.47 Å². The molecule has 8 heteroatoms. The number of rotatable bonds is 7. The third-order valence-corrected chi connectivity index (χ3v) is 6.33. The first-order valence-electron chi connectivity index (χ1n) is 8.88. The molecule has 0 bridgehead atoms. The number of carbonyl (C=O) groups is 1. The van der Waals surface area contributed by atoms with Crippen molar-refractivity contribution >= 4 is 63.5 Å². The van der Waals surface area contributed by atoms with Gasteiger partial charge in [0.2, 0.25) is 0 Å². The molecule has 0 N–H and O–H groups in total. The first-order chi connectivity index (χ1) is 13.8. The Kier molecular flexibility index (Phi) is 7.46. The number of benzene rings is 2. The van der Waals surface area contributed by atoms with Gasteiger partial charge in [0.15, 0.2) is 0 Å². The van der Waals surface area contributed by atoms with Crippen molar-refractivity contribution in [3.63, 3.8) is 0 Å². The molecule has 0 spiro atoms. The van der Waals surface area contributed by atoms with E-state index in [-0.39, 0.29) is 5.91 Å². The van der Waals surface area contributed by atoms with Crippen LogP contribution in [-0.4, -0.2) is 35.4 Å². The first kappa shape index (κ1) is 22.0. The maximum atomic E-state index is 12.2. The zero-order valence-corrected chi connectivity index (χ0v) is 19.1. The van der Waals surface area contributed by atoms with Crippen LogP contribution >= 0.6 is 47.2 Å². The maximum Gasteiger partial charge on any atom is 0.265 e. The number of ether oxygens (including phenoxy) is 2. The standard InChI is InChI=1S/C21H19Cl2NO3S2/c1-13-10-16(5-6-17(13)23)26-8-3-9-27-18-7-4-15(22)11-14(18)12-19-20(25)24(2)21(28)29-19/h4-7,10-12H,3,8-9H2,1-2H3/b19-12+. The van der Waals surface area contributed by atoms with Crippen LogP contribution in [0.3, 0.4) is 0 Å². The van der Waals surface area contributed by atoms with Gasteiger partial charge in [-0.15, -0.1) is 0 Å². The smallest absolute Gasteiger partial charge is 0.265 e. The van der Waals surface area contributed by atoms with Gasteiger partial charge in [-0.25, -0.2) is 0 Å². The van der Waals surface area contributed by atoms with Crippen LogP contribution in [0.15, 0.2) is 41.3 Å². The Morgan fingerprint density at radius 1 is 1.14 bits per heavy atom. The Morgan fingerprint density at radius 2 is 1.90 bits per heavy atom. The number of amides is 1. The van der Waals surface area contributed by atoms with Crippen molar-refractivity contribution < 1.29 is 14.3 Å². The number of carbonyl (C=O) groups excluding carboxylic acids is 1. The van der Waals surface area contributed by atoms with Gasteiger partial charge in [0.05, 0.1) is 18.1 Å². The van der Waals surface area contributed by atoms with Crippen molar-refractivity contribution in [2.24, 2.45) is 0 Å². The van der Waals surface area contributed by atoms with E-state index in [1.165, 1.54) is 16.7 Å². The molecule has 3 rings (SSSR count). The first-order valence-corrected chi connectivity index (χ1v) is 10.9. The molecular formula is C21H19Cl2NO3S2. The van der Waals surface area contributed by atoms with Crippen molar-refractivity contribution in [1.29, 1.82) is 0 Å². The largest absolute Gasteiger partial charge is 0.493 e. The second kappa shape index (κ2) is 9.85. The van der Waals surface area contributed by atoms with Crippen LogP contribution in [0.1, 0.15) is 17.5 Å². The number of nitrogens with zero attached hydrogens (tertiary/aromatic N) is 1. The second-order valence-electron chi connectivity index (χ2n) is 6.38. The fourth-order valence-electron chi connectivity index (χ4n) is 2.59. The number of halogens is 2. The highest BCUT2D eigenvalue weighted by molar-refractivity contribution is 8.26. The lowest BCUT2D eigenvalue weighted by molar-refractivity contribution is -0.121. The third-order valence-electron chi connectivity index (χ3n) is 4.19. The number of thiocarbonyl (C=S) groups is 1. The molecule has 1 fully saturated rings. The van der Waals surface area contributed by atoms with Gasteiger partial charge in [-0.2, -0.15) is 0 Å². The van der Waals surface area contributed by atoms with Crippen LogP contribution in [0, 0.1) is 6.92 Å². The van der Waals surface area contributed by atoms with E-state index in [1.807, 2.05) is 25.1 Å². The maximum absolute atomic E-state index is 12.2. The molecule has 2 aromatic carbocycles. The summed E-state index contributed by atoms with van der Waals surface area (Å²) in [6.45, 7) is 2.91. The fourth-order valence-corrected chi connectivity index (χ4v) is 4.06. The Bertz CT molecular complexity index is 978. The molecule has 1 amide bonds. The van der Waals surface area contributed by atoms with E-state index in [9.17, 15) is 4.79 Å². The predicted molar refractivity (Wildman–Crippen MR) is 124 cm³/mol. The second-order valence-corrected chi connectivity index (χ2v) is 8.90. The molecule has 1 aliphatic heterocycles. The molecule has 1 aliphatic rings. The minimum absolute atomic E-state index is 0.127. The number of hydrogen-bond donors (Lipinski definition) is 0. The molecule has 0 unspecified atom stereocenters. The van der Waals surface area contributed by atoms with E-state index < -0.39 is 0 Å². The van der Waals surface area contributed by atoms with Gasteiger partial charge in [-0.3, -0.25) is 9.69 Å². The Morgan fingerprint density at radius 3 is 2.59 bits per heavy atom. The van der Waals surface area contributed by atoms with Crippen LogP contribution in [0.4, 0.5) is 0 Å². The lowest BCUT2D eigenvalue weighted by Crippen LogP contribution is -2.22. The topological polar surface area (TPSA) is 38.8 Å². The highest BCUT2D eigenvalue weighted by Crippen LogP contribution is 2.34. The molecule has 0 radical (unpaired) electrons. The van der Waals surface area contributed by atoms with Gasteiger partial charge in [-0.1, -0.05) is 47.2 Å². The quantitative estimate of drug-likeness (QED) is 0.284. The summed E-state index contributed by atoms with van der Waals surface area (Å²) in [5.41, 5.74) is 1.71. The van der Waals surface area contributed by atoms with Gasteiger partial charge >= 0.3 is 0 Å². The van der Waals surface area contributed by atoms with Crippen molar-refractivity contribution in [3.05, 3.63) is 62.5 Å².